The van der Waals surface area contributed by atoms with Crippen LogP contribution in [-0.4, -0.2) is 42.9 Å². The molecule has 0 aromatic carbocycles. The van der Waals surface area contributed by atoms with E-state index in [9.17, 15) is 4.79 Å². The molecule has 1 saturated heterocycles. The molecule has 0 aliphatic carbocycles. The van der Waals surface area contributed by atoms with Crippen LogP contribution < -0.4 is 10.8 Å². The zero-order valence-electron chi connectivity index (χ0n) is 10.1. The van der Waals surface area contributed by atoms with Gasteiger partial charge in [0.05, 0.1) is 19.3 Å². The Labute approximate surface area is 104 Å². The number of aromatic nitrogens is 2. The van der Waals surface area contributed by atoms with E-state index >= 15 is 0 Å². The number of rotatable bonds is 6. The molecule has 1 aromatic heterocycles. The number of nitrogens with zero attached hydrogens (tertiary/aromatic N) is 2. The highest BCUT2D eigenvalue weighted by Gasteiger charge is 2.24. The molecule has 2 rings (SSSR count). The molecule has 8 heteroatoms. The minimum Gasteiger partial charge on any atom is -0.382 e. The van der Waals surface area contributed by atoms with Gasteiger partial charge in [0.1, 0.15) is 0 Å². The van der Waals surface area contributed by atoms with Gasteiger partial charge in [-0.3, -0.25) is 9.63 Å². The second-order valence-electron chi connectivity index (χ2n) is 3.88. The third kappa shape index (κ3) is 3.25. The molecule has 1 aromatic rings. The molecule has 0 spiro atoms. The van der Waals surface area contributed by atoms with Crippen LogP contribution in [0.25, 0.3) is 0 Å². The lowest BCUT2D eigenvalue weighted by Crippen LogP contribution is -2.26. The van der Waals surface area contributed by atoms with Gasteiger partial charge in [-0.2, -0.15) is 4.98 Å². The first-order valence-electron chi connectivity index (χ1n) is 5.79. The summed E-state index contributed by atoms with van der Waals surface area (Å²) in [6, 6.07) is 0.0495. The van der Waals surface area contributed by atoms with E-state index in [0.29, 0.717) is 12.5 Å². The second kappa shape index (κ2) is 6.43. The van der Waals surface area contributed by atoms with Gasteiger partial charge < -0.3 is 14.6 Å². The lowest BCUT2D eigenvalue weighted by molar-refractivity contribution is 0.00810. The van der Waals surface area contributed by atoms with Crippen LogP contribution in [0.4, 0.5) is 0 Å². The van der Waals surface area contributed by atoms with Crippen molar-refractivity contribution in [1.29, 1.82) is 0 Å². The Balaban J connectivity index is 1.83. The van der Waals surface area contributed by atoms with Crippen LogP contribution in [0.1, 0.15) is 35.4 Å². The average molecular weight is 256 g/mol. The summed E-state index contributed by atoms with van der Waals surface area (Å²) >= 11 is 0. The van der Waals surface area contributed by atoms with E-state index in [1.807, 2.05) is 0 Å². The summed E-state index contributed by atoms with van der Waals surface area (Å²) in [6.45, 7) is 1.58. The van der Waals surface area contributed by atoms with Crippen LogP contribution in [0.2, 0.25) is 0 Å². The van der Waals surface area contributed by atoms with Crippen molar-refractivity contribution in [3.63, 3.8) is 0 Å². The number of carbonyl (C=O) groups excluding carboxylic acids is 1. The first-order chi connectivity index (χ1) is 8.81. The normalized spacial score (nSPS) is 19.1. The highest BCUT2D eigenvalue weighted by molar-refractivity contribution is 5.89. The maximum Gasteiger partial charge on any atom is 0.316 e. The van der Waals surface area contributed by atoms with Gasteiger partial charge >= 0.3 is 5.91 Å². The van der Waals surface area contributed by atoms with Crippen molar-refractivity contribution in [2.45, 2.75) is 18.9 Å². The van der Waals surface area contributed by atoms with Crippen molar-refractivity contribution in [1.82, 2.24) is 20.9 Å². The number of ether oxygens (including phenoxy) is 1. The first kappa shape index (κ1) is 12.9. The van der Waals surface area contributed by atoms with Crippen LogP contribution >= 0.6 is 0 Å². The number of methoxy groups -OCH3 is 1. The Morgan fingerprint density at radius 2 is 2.50 bits per heavy atom. The van der Waals surface area contributed by atoms with Crippen molar-refractivity contribution in [2.24, 2.45) is 0 Å². The maximum absolute atomic E-state index is 11.6. The van der Waals surface area contributed by atoms with Crippen molar-refractivity contribution < 1.29 is 18.9 Å². The molecule has 2 N–H and O–H groups in total. The smallest absolute Gasteiger partial charge is 0.316 e. The minimum atomic E-state index is -0.529. The van der Waals surface area contributed by atoms with Gasteiger partial charge in [-0.25, -0.2) is 5.48 Å². The van der Waals surface area contributed by atoms with E-state index in [-0.39, 0.29) is 18.5 Å². The van der Waals surface area contributed by atoms with Crippen molar-refractivity contribution in [3.05, 3.63) is 11.7 Å². The second-order valence-corrected chi connectivity index (χ2v) is 3.88. The van der Waals surface area contributed by atoms with E-state index in [1.165, 1.54) is 0 Å². The Hall–Kier alpha value is -1.51. The van der Waals surface area contributed by atoms with E-state index in [0.717, 1.165) is 19.4 Å². The summed E-state index contributed by atoms with van der Waals surface area (Å²) in [5, 5.41) is 6.82. The van der Waals surface area contributed by atoms with E-state index in [4.69, 9.17) is 14.1 Å². The Kier molecular flexibility index (Phi) is 4.62. The van der Waals surface area contributed by atoms with Crippen molar-refractivity contribution in [3.8, 4) is 0 Å². The van der Waals surface area contributed by atoms with Gasteiger partial charge in [0.25, 0.3) is 5.82 Å². The van der Waals surface area contributed by atoms with Crippen molar-refractivity contribution >= 4 is 5.91 Å². The Morgan fingerprint density at radius 3 is 3.22 bits per heavy atom. The molecule has 1 atom stereocenters. The molecule has 0 saturated carbocycles. The van der Waals surface area contributed by atoms with Crippen molar-refractivity contribution in [2.75, 3.05) is 26.9 Å². The van der Waals surface area contributed by atoms with E-state index in [2.05, 4.69) is 20.9 Å². The highest BCUT2D eigenvalue weighted by atomic mass is 16.7. The number of amides is 1. The van der Waals surface area contributed by atoms with Gasteiger partial charge in [-0.05, 0) is 19.4 Å². The molecule has 1 aliphatic rings. The molecule has 100 valence electrons. The fourth-order valence-electron chi connectivity index (χ4n) is 1.65. The van der Waals surface area contributed by atoms with Gasteiger partial charge in [0.15, 0.2) is 0 Å². The SMILES string of the molecule is COCCONC(=O)c1noc(C2CCCN2)n1. The van der Waals surface area contributed by atoms with Gasteiger partial charge in [0.2, 0.25) is 5.89 Å². The summed E-state index contributed by atoms with van der Waals surface area (Å²) in [5.41, 5.74) is 2.21. The minimum absolute atomic E-state index is 0.0314. The molecule has 1 fully saturated rings. The summed E-state index contributed by atoms with van der Waals surface area (Å²) in [6.07, 6.45) is 2.00. The fraction of sp³-hybridized carbons (Fsp3) is 0.700. The number of nitrogens with one attached hydrogen (secondary N) is 2. The number of hydrogen-bond donors (Lipinski definition) is 2. The summed E-state index contributed by atoms with van der Waals surface area (Å²) < 4.78 is 9.80. The van der Waals surface area contributed by atoms with E-state index in [1.54, 1.807) is 7.11 Å². The topological polar surface area (TPSA) is 98.5 Å². The predicted octanol–water partition coefficient (Wildman–Crippen LogP) is -0.198. The van der Waals surface area contributed by atoms with Crippen LogP contribution in [0.15, 0.2) is 4.52 Å². The summed E-state index contributed by atoms with van der Waals surface area (Å²) in [5.74, 6) is -0.121. The number of carbonyl (C=O) groups is 1. The van der Waals surface area contributed by atoms with Gasteiger partial charge in [-0.1, -0.05) is 5.16 Å². The van der Waals surface area contributed by atoms with E-state index < -0.39 is 5.91 Å². The zero-order valence-corrected chi connectivity index (χ0v) is 10.1. The van der Waals surface area contributed by atoms with Crippen LogP contribution in [0, 0.1) is 0 Å². The molecular formula is C10H16N4O4. The van der Waals surface area contributed by atoms with Crippen LogP contribution in [-0.2, 0) is 9.57 Å². The fourth-order valence-corrected chi connectivity index (χ4v) is 1.65. The number of hydroxylamine groups is 1. The lowest BCUT2D eigenvalue weighted by Gasteiger charge is -2.02. The molecule has 0 radical (unpaired) electrons. The zero-order chi connectivity index (χ0) is 12.8. The third-order valence-electron chi connectivity index (χ3n) is 2.56. The molecular weight excluding hydrogens is 240 g/mol. The molecule has 1 amide bonds. The average Bonchev–Trinajstić information content (AvgIpc) is 3.03. The molecule has 1 unspecified atom stereocenters. The summed E-state index contributed by atoms with van der Waals surface area (Å²) in [4.78, 5) is 20.4. The van der Waals surface area contributed by atoms with Gasteiger partial charge in [0, 0.05) is 7.11 Å². The molecule has 2 heterocycles. The molecule has 0 bridgehead atoms. The monoisotopic (exact) mass is 256 g/mol. The Bertz CT molecular complexity index is 389. The number of hydrogen-bond acceptors (Lipinski definition) is 7. The predicted molar refractivity (Wildman–Crippen MR) is 59.6 cm³/mol. The highest BCUT2D eigenvalue weighted by Crippen LogP contribution is 2.20. The Morgan fingerprint density at radius 1 is 1.61 bits per heavy atom. The quantitative estimate of drug-likeness (QED) is 0.537. The first-order valence-corrected chi connectivity index (χ1v) is 5.79. The summed E-state index contributed by atoms with van der Waals surface area (Å²) in [7, 11) is 1.55. The molecule has 18 heavy (non-hydrogen) atoms. The maximum atomic E-state index is 11.6. The largest absolute Gasteiger partial charge is 0.382 e. The molecule has 1 aliphatic heterocycles. The van der Waals surface area contributed by atoms with Gasteiger partial charge in [-0.15, -0.1) is 0 Å². The standard InChI is InChI=1S/C10H16N4O4/c1-16-5-6-17-14-9(15)8-12-10(18-13-8)7-3-2-4-11-7/h7,11H,2-6H2,1H3,(H,14,15). The molecule has 8 nitrogen and oxygen atoms in total. The third-order valence-corrected chi connectivity index (χ3v) is 2.56. The lowest BCUT2D eigenvalue weighted by atomic mass is 10.2. The van der Waals surface area contributed by atoms with Crippen LogP contribution in [0.3, 0.4) is 0 Å². The van der Waals surface area contributed by atoms with Crippen LogP contribution in [0.5, 0.6) is 0 Å².